The molecule has 2 aromatic carbocycles. The highest BCUT2D eigenvalue weighted by Crippen LogP contribution is 2.42. The molecule has 0 spiro atoms. The van der Waals surface area contributed by atoms with E-state index in [1.165, 1.54) is 11.8 Å². The average Bonchev–Trinajstić information content (AvgIpc) is 3.36. The number of nitrogens with zero attached hydrogens (tertiary/aromatic N) is 5. The van der Waals surface area contributed by atoms with Gasteiger partial charge in [0.1, 0.15) is 0 Å². The van der Waals surface area contributed by atoms with Crippen molar-refractivity contribution in [2.75, 3.05) is 11.9 Å². The number of benzene rings is 2. The molecule has 0 aliphatic carbocycles. The number of carbonyl (C=O) groups excluding carboxylic acids is 3. The number of hydrogen-bond donors (Lipinski definition) is 0. The summed E-state index contributed by atoms with van der Waals surface area (Å²) >= 11 is 6.45. The summed E-state index contributed by atoms with van der Waals surface area (Å²) in [6, 6.07) is 13.3. The number of fused-ring (bicyclic) bond motifs is 3. The summed E-state index contributed by atoms with van der Waals surface area (Å²) < 4.78 is 0. The molecule has 1 fully saturated rings. The van der Waals surface area contributed by atoms with Gasteiger partial charge in [0, 0.05) is 23.8 Å². The van der Waals surface area contributed by atoms with Crippen molar-refractivity contribution in [2.24, 2.45) is 4.99 Å². The van der Waals surface area contributed by atoms with E-state index in [0.29, 0.717) is 11.0 Å². The Labute approximate surface area is 202 Å². The molecule has 5 rings (SSSR count). The monoisotopic (exact) mass is 477 g/mol. The van der Waals surface area contributed by atoms with Crippen molar-refractivity contribution in [3.8, 4) is 0 Å². The summed E-state index contributed by atoms with van der Waals surface area (Å²) in [4.78, 5) is 49.8. The largest absolute Gasteiger partial charge is 0.328 e. The first-order chi connectivity index (χ1) is 16.2. The van der Waals surface area contributed by atoms with Crippen LogP contribution in [0.15, 0.2) is 59.7 Å². The summed E-state index contributed by atoms with van der Waals surface area (Å²) in [6.45, 7) is 4.88. The van der Waals surface area contributed by atoms with E-state index in [1.54, 1.807) is 18.9 Å². The topological polar surface area (TPSA) is 76.5 Å². The molecule has 0 radical (unpaired) electrons. The van der Waals surface area contributed by atoms with Crippen molar-refractivity contribution in [1.29, 1.82) is 0 Å². The van der Waals surface area contributed by atoms with E-state index in [-0.39, 0.29) is 5.78 Å². The second kappa shape index (κ2) is 7.99. The molecule has 0 aromatic heterocycles. The standard InChI is InChI=1S/C25H24ClN5O3/c1-14-18(26)11-8-12-19(14)31-20(17-9-6-5-7-10-17)13-29-21-22(27-24(29)31)28(4)25(34)30(23(21)33)15(2)16(3)32/h5-13,15,21-22H,1-4H3. The second-order valence-electron chi connectivity index (χ2n) is 8.68. The van der Waals surface area contributed by atoms with Gasteiger partial charge in [0.2, 0.25) is 5.96 Å². The summed E-state index contributed by atoms with van der Waals surface area (Å²) in [5.41, 5.74) is 3.48. The molecular formula is C25H24ClN5O3. The first-order valence-electron chi connectivity index (χ1n) is 11.0. The minimum atomic E-state index is -0.862. The van der Waals surface area contributed by atoms with Crippen LogP contribution < -0.4 is 4.90 Å². The van der Waals surface area contributed by atoms with Crippen LogP contribution in [0.5, 0.6) is 0 Å². The zero-order valence-electron chi connectivity index (χ0n) is 19.3. The van der Waals surface area contributed by atoms with Gasteiger partial charge in [0.15, 0.2) is 18.0 Å². The van der Waals surface area contributed by atoms with Crippen molar-refractivity contribution in [2.45, 2.75) is 39.0 Å². The van der Waals surface area contributed by atoms with Gasteiger partial charge < -0.3 is 4.90 Å². The quantitative estimate of drug-likeness (QED) is 0.671. The van der Waals surface area contributed by atoms with Crippen molar-refractivity contribution < 1.29 is 14.4 Å². The number of guanidine groups is 1. The van der Waals surface area contributed by atoms with E-state index in [9.17, 15) is 14.4 Å². The van der Waals surface area contributed by atoms with Crippen LogP contribution in [0.2, 0.25) is 5.02 Å². The smallest absolute Gasteiger partial charge is 0.302 e. The molecule has 174 valence electrons. The van der Waals surface area contributed by atoms with Gasteiger partial charge in [-0.05, 0) is 38.5 Å². The lowest BCUT2D eigenvalue weighted by Gasteiger charge is -2.41. The molecule has 3 unspecified atom stereocenters. The number of amides is 3. The second-order valence-corrected chi connectivity index (χ2v) is 9.09. The highest BCUT2D eigenvalue weighted by Gasteiger charge is 2.56. The lowest BCUT2D eigenvalue weighted by Crippen LogP contribution is -2.66. The fourth-order valence-electron chi connectivity index (χ4n) is 4.62. The number of aliphatic imine (C=N–C) groups is 1. The van der Waals surface area contributed by atoms with Crippen LogP contribution in [0.1, 0.15) is 25.0 Å². The normalized spacial score (nSPS) is 22.5. The van der Waals surface area contributed by atoms with Gasteiger partial charge in [-0.15, -0.1) is 0 Å². The molecule has 9 heteroatoms. The Morgan fingerprint density at radius 3 is 2.47 bits per heavy atom. The van der Waals surface area contributed by atoms with Crippen molar-refractivity contribution in [3.05, 3.63) is 70.9 Å². The number of anilines is 1. The van der Waals surface area contributed by atoms with E-state index >= 15 is 0 Å². The molecule has 3 heterocycles. The SMILES string of the molecule is CC(=O)C(C)N1C(=O)C2C(N=C3N(c4cccc(Cl)c4C)C(c4ccccc4)=CN32)N(C)C1=O. The lowest BCUT2D eigenvalue weighted by atomic mass is 10.1. The maximum atomic E-state index is 13.6. The van der Waals surface area contributed by atoms with Crippen LogP contribution >= 0.6 is 11.6 Å². The molecule has 3 amide bonds. The Balaban J connectivity index is 1.65. The van der Waals surface area contributed by atoms with Crippen LogP contribution in [-0.2, 0) is 9.59 Å². The lowest BCUT2D eigenvalue weighted by molar-refractivity contribution is -0.142. The molecule has 3 aliphatic heterocycles. The van der Waals surface area contributed by atoms with Gasteiger partial charge in [-0.3, -0.25) is 24.3 Å². The Morgan fingerprint density at radius 2 is 1.79 bits per heavy atom. The van der Waals surface area contributed by atoms with E-state index in [0.717, 1.165) is 27.4 Å². The molecular weight excluding hydrogens is 454 g/mol. The van der Waals surface area contributed by atoms with Gasteiger partial charge in [-0.2, -0.15) is 0 Å². The number of likely N-dealkylation sites (N-methyl/N-ethyl adjacent to an activating group) is 1. The molecule has 1 saturated heterocycles. The Morgan fingerprint density at radius 1 is 1.09 bits per heavy atom. The number of carbonyl (C=O) groups is 3. The molecule has 8 nitrogen and oxygen atoms in total. The number of Topliss-reactive ketones (excluding diaryl/α,β-unsaturated/α-hetero) is 1. The van der Waals surface area contributed by atoms with Crippen molar-refractivity contribution >= 4 is 46.7 Å². The first kappa shape index (κ1) is 22.2. The fourth-order valence-corrected chi connectivity index (χ4v) is 4.79. The Hall–Kier alpha value is -3.65. The van der Waals surface area contributed by atoms with Crippen molar-refractivity contribution in [3.63, 3.8) is 0 Å². The van der Waals surface area contributed by atoms with E-state index in [2.05, 4.69) is 0 Å². The number of urea groups is 1. The van der Waals surface area contributed by atoms with Gasteiger partial charge in [0.25, 0.3) is 5.91 Å². The Kier molecular flexibility index (Phi) is 5.20. The van der Waals surface area contributed by atoms with Gasteiger partial charge in [-0.25, -0.2) is 9.79 Å². The molecule has 2 aromatic rings. The number of imide groups is 1. The van der Waals surface area contributed by atoms with Crippen LogP contribution in [-0.4, -0.2) is 63.7 Å². The number of rotatable bonds is 4. The third kappa shape index (κ3) is 3.13. The van der Waals surface area contributed by atoms with Crippen LogP contribution in [0.25, 0.3) is 5.70 Å². The molecule has 0 N–H and O–H groups in total. The molecule has 0 saturated carbocycles. The summed E-state index contributed by atoms with van der Waals surface area (Å²) in [5.74, 6) is -0.168. The maximum Gasteiger partial charge on any atom is 0.328 e. The minimum Gasteiger partial charge on any atom is -0.302 e. The molecule has 34 heavy (non-hydrogen) atoms. The van der Waals surface area contributed by atoms with E-state index in [1.807, 2.05) is 66.6 Å². The third-order valence-electron chi connectivity index (χ3n) is 6.68. The summed E-state index contributed by atoms with van der Waals surface area (Å²) in [5, 5.41) is 0.615. The van der Waals surface area contributed by atoms with E-state index in [4.69, 9.17) is 16.6 Å². The van der Waals surface area contributed by atoms with E-state index < -0.39 is 30.2 Å². The average molecular weight is 478 g/mol. The highest BCUT2D eigenvalue weighted by molar-refractivity contribution is 6.32. The molecule has 3 atom stereocenters. The van der Waals surface area contributed by atoms with Crippen LogP contribution in [0.4, 0.5) is 10.5 Å². The zero-order valence-corrected chi connectivity index (χ0v) is 20.0. The Bertz CT molecular complexity index is 1270. The first-order valence-corrected chi connectivity index (χ1v) is 11.4. The summed E-state index contributed by atoms with van der Waals surface area (Å²) in [7, 11) is 1.61. The maximum absolute atomic E-state index is 13.6. The van der Waals surface area contributed by atoms with Crippen LogP contribution in [0, 0.1) is 6.92 Å². The third-order valence-corrected chi connectivity index (χ3v) is 7.09. The van der Waals surface area contributed by atoms with Gasteiger partial charge in [0.05, 0.1) is 17.4 Å². The zero-order chi connectivity index (χ0) is 24.3. The fraction of sp³-hybridized carbons (Fsp3) is 0.280. The number of halogens is 1. The molecule has 3 aliphatic rings. The van der Waals surface area contributed by atoms with Crippen LogP contribution in [0.3, 0.4) is 0 Å². The van der Waals surface area contributed by atoms with Crippen molar-refractivity contribution in [1.82, 2.24) is 14.7 Å². The number of hydrogen-bond acceptors (Lipinski definition) is 6. The molecule has 0 bridgehead atoms. The predicted octanol–water partition coefficient (Wildman–Crippen LogP) is 3.70. The number of ketones is 1. The van der Waals surface area contributed by atoms with Gasteiger partial charge in [-0.1, -0.05) is 48.0 Å². The minimum absolute atomic E-state index is 0.259. The summed E-state index contributed by atoms with van der Waals surface area (Å²) in [6.07, 6.45) is 1.18. The highest BCUT2D eigenvalue weighted by atomic mass is 35.5. The predicted molar refractivity (Wildman–Crippen MR) is 130 cm³/mol. The van der Waals surface area contributed by atoms with Gasteiger partial charge >= 0.3 is 6.03 Å².